The molecule has 0 unspecified atom stereocenters. The van der Waals surface area contributed by atoms with E-state index in [1.165, 1.54) is 6.07 Å². The fourth-order valence-corrected chi connectivity index (χ4v) is 2.99. The van der Waals surface area contributed by atoms with Gasteiger partial charge in [-0.1, -0.05) is 6.92 Å². The van der Waals surface area contributed by atoms with E-state index >= 15 is 0 Å². The number of piperidine rings is 1. The maximum absolute atomic E-state index is 14.4. The highest BCUT2D eigenvalue weighted by Crippen LogP contribution is 2.29. The molecule has 0 bridgehead atoms. The molecule has 23 heavy (non-hydrogen) atoms. The van der Waals surface area contributed by atoms with Gasteiger partial charge in [-0.15, -0.1) is 0 Å². The lowest BCUT2D eigenvalue weighted by atomic mass is 9.99. The average molecular weight is 319 g/mol. The molecule has 0 spiro atoms. The number of benzene rings is 1. The fraction of sp³-hybridized carbons (Fsp3) is 0.500. The summed E-state index contributed by atoms with van der Waals surface area (Å²) in [4.78, 5) is 21.2. The summed E-state index contributed by atoms with van der Waals surface area (Å²) in [5, 5.41) is 11.1. The zero-order valence-electron chi connectivity index (χ0n) is 13.3. The maximum Gasteiger partial charge on any atom is 0.209 e. The molecule has 3 rings (SSSR count). The molecule has 2 heterocycles. The van der Waals surface area contributed by atoms with Crippen molar-refractivity contribution in [1.82, 2.24) is 9.97 Å². The predicted octanol–water partition coefficient (Wildman–Crippen LogP) is 2.11. The number of nitrogens with one attached hydrogen (secondary N) is 1. The van der Waals surface area contributed by atoms with Crippen molar-refractivity contribution in [2.24, 2.45) is 5.92 Å². The topological polar surface area (TPSA) is 75.3 Å². The van der Waals surface area contributed by atoms with Gasteiger partial charge in [0.2, 0.25) is 5.95 Å². The first-order chi connectivity index (χ1) is 11.0. The van der Waals surface area contributed by atoms with Crippen LogP contribution in [0, 0.1) is 11.7 Å². The van der Waals surface area contributed by atoms with Gasteiger partial charge in [0, 0.05) is 25.7 Å². The molecule has 0 atom stereocenters. The third-order valence-electron chi connectivity index (χ3n) is 4.45. The summed E-state index contributed by atoms with van der Waals surface area (Å²) in [6.45, 7) is 5.74. The standard InChI is InChI=1S/C16H21FN4O2/c1-3-21(16(22)23)15-18-12-8-11(17)14(9-13(12)19-15)20-6-4-10(2)5-7-20/h8-10H,3-7H2,1-2H3,(H,18,19)(H,22,23)/p-1. The number of nitrogens with zero attached hydrogens (tertiary/aromatic N) is 3. The average Bonchev–Trinajstić information content (AvgIpc) is 2.90. The van der Waals surface area contributed by atoms with E-state index in [1.807, 2.05) is 4.90 Å². The summed E-state index contributed by atoms with van der Waals surface area (Å²) in [5.41, 5.74) is 1.56. The van der Waals surface area contributed by atoms with E-state index in [0.29, 0.717) is 22.6 Å². The van der Waals surface area contributed by atoms with Gasteiger partial charge in [-0.2, -0.15) is 0 Å². The molecule has 7 heteroatoms. The number of rotatable bonds is 3. The third-order valence-corrected chi connectivity index (χ3v) is 4.45. The first-order valence-electron chi connectivity index (χ1n) is 7.92. The lowest BCUT2D eigenvalue weighted by Gasteiger charge is -2.32. The normalized spacial score (nSPS) is 16.0. The van der Waals surface area contributed by atoms with E-state index in [2.05, 4.69) is 16.9 Å². The van der Waals surface area contributed by atoms with Gasteiger partial charge >= 0.3 is 0 Å². The number of aromatic nitrogens is 2. The first kappa shape index (κ1) is 15.6. The van der Waals surface area contributed by atoms with Crippen molar-refractivity contribution in [2.45, 2.75) is 26.7 Å². The summed E-state index contributed by atoms with van der Waals surface area (Å²) >= 11 is 0. The highest BCUT2D eigenvalue weighted by atomic mass is 19.1. The summed E-state index contributed by atoms with van der Waals surface area (Å²) in [7, 11) is 0. The van der Waals surface area contributed by atoms with E-state index in [0.717, 1.165) is 30.8 Å². The molecule has 0 saturated carbocycles. The van der Waals surface area contributed by atoms with Crippen LogP contribution in [0.1, 0.15) is 26.7 Å². The number of carbonyl (C=O) groups is 1. The monoisotopic (exact) mass is 319 g/mol. The van der Waals surface area contributed by atoms with Gasteiger partial charge in [-0.3, -0.25) is 4.90 Å². The Morgan fingerprint density at radius 1 is 1.48 bits per heavy atom. The molecule has 1 aliphatic heterocycles. The van der Waals surface area contributed by atoms with E-state index in [1.54, 1.807) is 13.0 Å². The molecule has 1 aromatic carbocycles. The second-order valence-electron chi connectivity index (χ2n) is 6.06. The van der Waals surface area contributed by atoms with Gasteiger partial charge in [0.1, 0.15) is 11.9 Å². The van der Waals surface area contributed by atoms with Gasteiger partial charge in [0.25, 0.3) is 0 Å². The van der Waals surface area contributed by atoms with Crippen molar-refractivity contribution in [3.05, 3.63) is 17.9 Å². The summed E-state index contributed by atoms with van der Waals surface area (Å²) in [6.07, 6.45) is 0.743. The lowest BCUT2D eigenvalue weighted by Crippen LogP contribution is -2.41. The van der Waals surface area contributed by atoms with E-state index in [-0.39, 0.29) is 18.3 Å². The van der Waals surface area contributed by atoms with Gasteiger partial charge in [-0.25, -0.2) is 9.37 Å². The Kier molecular flexibility index (Phi) is 4.11. The van der Waals surface area contributed by atoms with Crippen LogP contribution < -0.4 is 14.9 Å². The van der Waals surface area contributed by atoms with Gasteiger partial charge in [0.15, 0.2) is 0 Å². The second kappa shape index (κ2) is 6.06. The van der Waals surface area contributed by atoms with E-state index in [4.69, 9.17) is 0 Å². The maximum atomic E-state index is 14.4. The predicted molar refractivity (Wildman–Crippen MR) is 85.1 cm³/mol. The molecule has 1 aromatic heterocycles. The minimum Gasteiger partial charge on any atom is -0.530 e. The van der Waals surface area contributed by atoms with Crippen LogP contribution in [0.5, 0.6) is 0 Å². The molecular weight excluding hydrogens is 299 g/mol. The highest BCUT2D eigenvalue weighted by Gasteiger charge is 2.20. The quantitative estimate of drug-likeness (QED) is 0.940. The third kappa shape index (κ3) is 2.95. The molecule has 124 valence electrons. The van der Waals surface area contributed by atoms with Crippen molar-refractivity contribution in [1.29, 1.82) is 0 Å². The number of carbonyl (C=O) groups excluding carboxylic acids is 1. The number of amides is 1. The molecule has 1 fully saturated rings. The SMILES string of the molecule is CCN(C(=O)[O-])c1nc2cc(N3CCC(C)CC3)c(F)cc2[nH]1. The number of imidazole rings is 1. The minimum atomic E-state index is -1.34. The highest BCUT2D eigenvalue weighted by molar-refractivity contribution is 5.87. The van der Waals surface area contributed by atoms with Crippen molar-refractivity contribution in [3.63, 3.8) is 0 Å². The van der Waals surface area contributed by atoms with Crippen LogP contribution in [-0.2, 0) is 0 Å². The molecule has 1 N–H and O–H groups in total. The summed E-state index contributed by atoms with van der Waals surface area (Å²) < 4.78 is 14.4. The summed E-state index contributed by atoms with van der Waals surface area (Å²) in [5.74, 6) is 0.501. The van der Waals surface area contributed by atoms with Crippen molar-refractivity contribution < 1.29 is 14.3 Å². The number of halogens is 1. The number of carboxylic acid groups (broad SMARTS) is 1. The number of H-pyrrole nitrogens is 1. The zero-order valence-corrected chi connectivity index (χ0v) is 13.3. The Labute approximate surface area is 133 Å². The number of anilines is 2. The molecular formula is C16H20FN4O2-. The largest absolute Gasteiger partial charge is 0.530 e. The lowest BCUT2D eigenvalue weighted by molar-refractivity contribution is -0.246. The zero-order chi connectivity index (χ0) is 16.6. The molecule has 1 aliphatic rings. The van der Waals surface area contributed by atoms with Crippen LogP contribution >= 0.6 is 0 Å². The minimum absolute atomic E-state index is 0.159. The Balaban J connectivity index is 1.96. The molecule has 2 aromatic rings. The Bertz CT molecular complexity index is 722. The second-order valence-corrected chi connectivity index (χ2v) is 6.06. The molecule has 0 aliphatic carbocycles. The van der Waals surface area contributed by atoms with E-state index in [9.17, 15) is 14.3 Å². The van der Waals surface area contributed by atoms with Crippen molar-refractivity contribution >= 4 is 28.8 Å². The van der Waals surface area contributed by atoms with Gasteiger partial charge in [-0.05, 0) is 31.7 Å². The Hall–Kier alpha value is -2.31. The Morgan fingerprint density at radius 3 is 2.78 bits per heavy atom. The molecule has 6 nitrogen and oxygen atoms in total. The van der Waals surface area contributed by atoms with Crippen LogP contribution in [0.4, 0.5) is 20.8 Å². The number of aromatic amines is 1. The van der Waals surface area contributed by atoms with Crippen molar-refractivity contribution in [3.8, 4) is 0 Å². The van der Waals surface area contributed by atoms with E-state index < -0.39 is 6.09 Å². The fourth-order valence-electron chi connectivity index (χ4n) is 2.99. The summed E-state index contributed by atoms with van der Waals surface area (Å²) in [6, 6.07) is 3.06. The molecule has 1 amide bonds. The Morgan fingerprint density at radius 2 is 2.17 bits per heavy atom. The van der Waals surface area contributed by atoms with Crippen LogP contribution in [0.2, 0.25) is 0 Å². The number of hydrogen-bond donors (Lipinski definition) is 1. The van der Waals surface area contributed by atoms with Crippen LogP contribution in [-0.4, -0.2) is 35.7 Å². The smallest absolute Gasteiger partial charge is 0.209 e. The molecule has 1 saturated heterocycles. The first-order valence-corrected chi connectivity index (χ1v) is 7.92. The van der Waals surface area contributed by atoms with Crippen LogP contribution in [0.25, 0.3) is 11.0 Å². The van der Waals surface area contributed by atoms with Gasteiger partial charge in [0.05, 0.1) is 16.7 Å². The van der Waals surface area contributed by atoms with Gasteiger partial charge < -0.3 is 19.8 Å². The number of fused-ring (bicyclic) bond motifs is 1. The number of hydrogen-bond acceptors (Lipinski definition) is 4. The van der Waals surface area contributed by atoms with Crippen LogP contribution in [0.3, 0.4) is 0 Å². The molecule has 0 radical (unpaired) electrons. The van der Waals surface area contributed by atoms with Crippen LogP contribution in [0.15, 0.2) is 12.1 Å². The van der Waals surface area contributed by atoms with Crippen molar-refractivity contribution in [2.75, 3.05) is 29.4 Å².